The van der Waals surface area contributed by atoms with Gasteiger partial charge in [0.2, 0.25) is 0 Å². The van der Waals surface area contributed by atoms with Crippen LogP contribution in [-0.2, 0) is 0 Å². The highest BCUT2D eigenvalue weighted by atomic mass is 35.5. The van der Waals surface area contributed by atoms with Gasteiger partial charge in [-0.25, -0.2) is 0 Å². The standard InChI is InChI=1S/C9H8ClNO/c10-4-1-2-8-6-11-5-3-9(8)7-12/h1-3,5-7H,4H2. The van der Waals surface area contributed by atoms with E-state index < -0.39 is 0 Å². The van der Waals surface area contributed by atoms with E-state index >= 15 is 0 Å². The zero-order valence-corrected chi connectivity index (χ0v) is 7.16. The summed E-state index contributed by atoms with van der Waals surface area (Å²) in [7, 11) is 0. The molecule has 0 bridgehead atoms. The van der Waals surface area contributed by atoms with Crippen LogP contribution in [0, 0.1) is 0 Å². The Morgan fingerprint density at radius 3 is 3.00 bits per heavy atom. The maximum atomic E-state index is 10.5. The minimum atomic E-state index is 0.438. The van der Waals surface area contributed by atoms with E-state index in [1.54, 1.807) is 30.6 Å². The number of carbonyl (C=O) groups excluding carboxylic acids is 1. The van der Waals surface area contributed by atoms with Crippen molar-refractivity contribution in [3.05, 3.63) is 35.7 Å². The van der Waals surface area contributed by atoms with Gasteiger partial charge in [-0.1, -0.05) is 12.2 Å². The van der Waals surface area contributed by atoms with Gasteiger partial charge in [0.1, 0.15) is 0 Å². The summed E-state index contributed by atoms with van der Waals surface area (Å²) in [6, 6.07) is 1.67. The lowest BCUT2D eigenvalue weighted by Crippen LogP contribution is -1.86. The van der Waals surface area contributed by atoms with Crippen molar-refractivity contribution in [3.63, 3.8) is 0 Å². The second-order valence-electron chi connectivity index (χ2n) is 2.18. The van der Waals surface area contributed by atoms with Crippen molar-refractivity contribution in [3.8, 4) is 0 Å². The first-order valence-corrected chi connectivity index (χ1v) is 4.03. The summed E-state index contributed by atoms with van der Waals surface area (Å²) in [4.78, 5) is 14.4. The third-order valence-electron chi connectivity index (χ3n) is 1.40. The zero-order chi connectivity index (χ0) is 8.81. The number of aromatic nitrogens is 1. The fourth-order valence-corrected chi connectivity index (χ4v) is 0.925. The first-order chi connectivity index (χ1) is 5.88. The Bertz CT molecular complexity index is 296. The van der Waals surface area contributed by atoms with Crippen molar-refractivity contribution in [1.82, 2.24) is 4.98 Å². The smallest absolute Gasteiger partial charge is 0.150 e. The molecule has 0 radical (unpaired) electrons. The molecule has 0 aliphatic carbocycles. The van der Waals surface area contributed by atoms with Crippen LogP contribution >= 0.6 is 11.6 Å². The van der Waals surface area contributed by atoms with Crippen LogP contribution in [-0.4, -0.2) is 17.2 Å². The molecule has 0 atom stereocenters. The second kappa shape index (κ2) is 4.67. The molecule has 1 rings (SSSR count). The molecule has 0 saturated heterocycles. The molecule has 0 saturated carbocycles. The maximum Gasteiger partial charge on any atom is 0.150 e. The quantitative estimate of drug-likeness (QED) is 0.528. The highest BCUT2D eigenvalue weighted by Gasteiger charge is 1.94. The number of aldehydes is 1. The Morgan fingerprint density at radius 1 is 1.50 bits per heavy atom. The van der Waals surface area contributed by atoms with Gasteiger partial charge in [-0.15, -0.1) is 11.6 Å². The Morgan fingerprint density at radius 2 is 2.33 bits per heavy atom. The average molecular weight is 182 g/mol. The zero-order valence-electron chi connectivity index (χ0n) is 6.40. The van der Waals surface area contributed by atoms with Crippen LogP contribution in [0.25, 0.3) is 6.08 Å². The van der Waals surface area contributed by atoms with E-state index in [2.05, 4.69) is 4.98 Å². The normalized spacial score (nSPS) is 10.4. The molecule has 0 aliphatic rings. The summed E-state index contributed by atoms with van der Waals surface area (Å²) < 4.78 is 0. The first-order valence-electron chi connectivity index (χ1n) is 3.50. The number of nitrogens with zero attached hydrogens (tertiary/aromatic N) is 1. The highest BCUT2D eigenvalue weighted by molar-refractivity contribution is 6.19. The van der Waals surface area contributed by atoms with Crippen LogP contribution in [0.3, 0.4) is 0 Å². The fraction of sp³-hybridized carbons (Fsp3) is 0.111. The minimum absolute atomic E-state index is 0.438. The number of carbonyl (C=O) groups is 1. The third kappa shape index (κ3) is 2.17. The van der Waals surface area contributed by atoms with E-state index in [1.807, 2.05) is 0 Å². The van der Waals surface area contributed by atoms with Crippen LogP contribution in [0.2, 0.25) is 0 Å². The van der Waals surface area contributed by atoms with Crippen LogP contribution in [0.4, 0.5) is 0 Å². The minimum Gasteiger partial charge on any atom is -0.298 e. The molecule has 0 fully saturated rings. The summed E-state index contributed by atoms with van der Waals surface area (Å²) in [5.41, 5.74) is 1.43. The largest absolute Gasteiger partial charge is 0.298 e. The molecular formula is C9H8ClNO. The Hall–Kier alpha value is -1.15. The summed E-state index contributed by atoms with van der Waals surface area (Å²) in [6.07, 6.45) is 7.57. The van der Waals surface area contributed by atoms with E-state index in [-0.39, 0.29) is 0 Å². The molecule has 12 heavy (non-hydrogen) atoms. The summed E-state index contributed by atoms with van der Waals surface area (Å²) in [5, 5.41) is 0. The molecule has 1 aromatic heterocycles. The number of alkyl halides is 1. The predicted molar refractivity (Wildman–Crippen MR) is 49.4 cm³/mol. The van der Waals surface area contributed by atoms with Gasteiger partial charge in [0.15, 0.2) is 6.29 Å². The van der Waals surface area contributed by atoms with Crippen LogP contribution in [0.5, 0.6) is 0 Å². The molecule has 3 heteroatoms. The van der Waals surface area contributed by atoms with E-state index in [1.165, 1.54) is 0 Å². The van der Waals surface area contributed by atoms with Crippen LogP contribution < -0.4 is 0 Å². The SMILES string of the molecule is O=Cc1ccncc1C=CCCl. The van der Waals surface area contributed by atoms with Gasteiger partial charge >= 0.3 is 0 Å². The molecule has 1 aromatic rings. The number of hydrogen-bond donors (Lipinski definition) is 0. The van der Waals surface area contributed by atoms with E-state index in [4.69, 9.17) is 11.6 Å². The fourth-order valence-electron chi connectivity index (χ4n) is 0.836. The Kier molecular flexibility index (Phi) is 3.48. The number of pyridine rings is 1. The van der Waals surface area contributed by atoms with Crippen molar-refractivity contribution >= 4 is 24.0 Å². The Balaban J connectivity index is 2.96. The number of rotatable bonds is 3. The predicted octanol–water partition coefficient (Wildman–Crippen LogP) is 2.15. The number of allylic oxidation sites excluding steroid dienone is 1. The van der Waals surface area contributed by atoms with Crippen molar-refractivity contribution in [2.24, 2.45) is 0 Å². The molecule has 62 valence electrons. The second-order valence-corrected chi connectivity index (χ2v) is 2.49. The van der Waals surface area contributed by atoms with E-state index in [0.717, 1.165) is 11.8 Å². The topological polar surface area (TPSA) is 30.0 Å². The van der Waals surface area contributed by atoms with Gasteiger partial charge < -0.3 is 0 Å². The molecule has 0 spiro atoms. The van der Waals surface area contributed by atoms with E-state index in [9.17, 15) is 4.79 Å². The Labute approximate surface area is 75.9 Å². The lowest BCUT2D eigenvalue weighted by atomic mass is 10.1. The number of halogens is 1. The van der Waals surface area contributed by atoms with E-state index in [0.29, 0.717) is 11.4 Å². The van der Waals surface area contributed by atoms with Crippen molar-refractivity contribution < 1.29 is 4.79 Å². The van der Waals surface area contributed by atoms with Gasteiger partial charge in [-0.2, -0.15) is 0 Å². The molecule has 0 N–H and O–H groups in total. The molecule has 0 aliphatic heterocycles. The van der Waals surface area contributed by atoms with Gasteiger partial charge in [-0.3, -0.25) is 9.78 Å². The van der Waals surface area contributed by atoms with Crippen molar-refractivity contribution in [2.75, 3.05) is 5.88 Å². The molecule has 2 nitrogen and oxygen atoms in total. The third-order valence-corrected chi connectivity index (χ3v) is 1.58. The molecular weight excluding hydrogens is 174 g/mol. The summed E-state index contributed by atoms with van der Waals surface area (Å²) in [6.45, 7) is 0. The van der Waals surface area contributed by atoms with Crippen molar-refractivity contribution in [1.29, 1.82) is 0 Å². The van der Waals surface area contributed by atoms with Crippen LogP contribution in [0.15, 0.2) is 24.5 Å². The molecule has 0 amide bonds. The molecule has 0 unspecified atom stereocenters. The van der Waals surface area contributed by atoms with Gasteiger partial charge in [-0.05, 0) is 6.07 Å². The highest BCUT2D eigenvalue weighted by Crippen LogP contribution is 2.05. The molecule has 1 heterocycles. The maximum absolute atomic E-state index is 10.5. The van der Waals surface area contributed by atoms with Crippen molar-refractivity contribution in [2.45, 2.75) is 0 Å². The summed E-state index contributed by atoms with van der Waals surface area (Å²) in [5.74, 6) is 0.438. The molecule has 0 aromatic carbocycles. The first kappa shape index (κ1) is 8.94. The van der Waals surface area contributed by atoms with Gasteiger partial charge in [0, 0.05) is 29.4 Å². The average Bonchev–Trinajstić information content (AvgIpc) is 2.15. The van der Waals surface area contributed by atoms with Gasteiger partial charge in [0.05, 0.1) is 0 Å². The summed E-state index contributed by atoms with van der Waals surface area (Å²) >= 11 is 5.45. The van der Waals surface area contributed by atoms with Gasteiger partial charge in [0.25, 0.3) is 0 Å². The van der Waals surface area contributed by atoms with Crippen LogP contribution in [0.1, 0.15) is 15.9 Å². The number of hydrogen-bond acceptors (Lipinski definition) is 2. The lowest BCUT2D eigenvalue weighted by Gasteiger charge is -1.94. The monoisotopic (exact) mass is 181 g/mol. The lowest BCUT2D eigenvalue weighted by molar-refractivity contribution is 0.112.